The van der Waals surface area contributed by atoms with Gasteiger partial charge in [-0.1, -0.05) is 32.6 Å². The van der Waals surface area contributed by atoms with Crippen molar-refractivity contribution in [3.8, 4) is 0 Å². The maximum atomic E-state index is 11.1. The van der Waals surface area contributed by atoms with Crippen LogP contribution in [0.25, 0.3) is 0 Å². The summed E-state index contributed by atoms with van der Waals surface area (Å²) in [4.78, 5) is 21.8. The van der Waals surface area contributed by atoms with E-state index in [0.717, 1.165) is 28.0 Å². The number of nitrogens with one attached hydrogen (secondary N) is 1. The molecule has 76 valence electrons. The van der Waals surface area contributed by atoms with Crippen LogP contribution in [0.5, 0.6) is 0 Å². The molecule has 0 spiro atoms. The van der Waals surface area contributed by atoms with Crippen molar-refractivity contribution in [3.63, 3.8) is 0 Å². The first kappa shape index (κ1) is 13.3. The minimum absolute atomic E-state index is 0.257. The number of carbonyl (C=O) groups is 2. The van der Waals surface area contributed by atoms with E-state index in [0.29, 0.717) is 6.54 Å². The summed E-state index contributed by atoms with van der Waals surface area (Å²) < 4.78 is 3.36. The van der Waals surface area contributed by atoms with Gasteiger partial charge >= 0.3 is 5.24 Å². The van der Waals surface area contributed by atoms with Gasteiger partial charge in [0.1, 0.15) is 0 Å². The molecule has 0 saturated heterocycles. The van der Waals surface area contributed by atoms with Crippen molar-refractivity contribution in [1.29, 1.82) is 0 Å². The molecule has 0 radical (unpaired) electrons. The lowest BCUT2D eigenvalue weighted by Crippen LogP contribution is -2.17. The van der Waals surface area contributed by atoms with E-state index >= 15 is 0 Å². The van der Waals surface area contributed by atoms with Gasteiger partial charge in [-0.25, -0.2) is 0 Å². The molecular formula is C5H10N2O2S4. The first-order valence-electron chi connectivity index (χ1n) is 3.40. The van der Waals surface area contributed by atoms with E-state index in [4.69, 9.17) is 0 Å². The van der Waals surface area contributed by atoms with E-state index in [1.807, 2.05) is 6.92 Å². The van der Waals surface area contributed by atoms with Crippen LogP contribution in [-0.4, -0.2) is 21.3 Å². The molecule has 0 unspecified atom stereocenters. The van der Waals surface area contributed by atoms with Gasteiger partial charge in [0.25, 0.3) is 5.24 Å². The van der Waals surface area contributed by atoms with Crippen molar-refractivity contribution in [2.75, 3.05) is 6.54 Å². The Bertz CT molecular complexity index is 189. The molecule has 8 heteroatoms. The quantitative estimate of drug-likeness (QED) is 0.526. The molecule has 4 nitrogen and oxygen atoms in total. The number of hydrogen-bond acceptors (Lipinski definition) is 6. The van der Waals surface area contributed by atoms with Gasteiger partial charge in [-0.15, -0.1) is 0 Å². The average molecular weight is 258 g/mol. The van der Waals surface area contributed by atoms with Crippen LogP contribution in [0.15, 0.2) is 0 Å². The number of carbonyl (C=O) groups excluding carboxylic acids is 2. The molecule has 0 heterocycles. The first-order chi connectivity index (χ1) is 6.11. The molecule has 0 aliphatic carbocycles. The second kappa shape index (κ2) is 7.72. The fourth-order valence-electron chi connectivity index (χ4n) is 0.438. The summed E-state index contributed by atoms with van der Waals surface area (Å²) in [5, 5.41) is -0.632. The van der Waals surface area contributed by atoms with Crippen LogP contribution < -0.4 is 4.72 Å². The Morgan fingerprint density at radius 2 is 2.08 bits per heavy atom. The van der Waals surface area contributed by atoms with Crippen molar-refractivity contribution in [2.45, 2.75) is 13.3 Å². The summed E-state index contributed by atoms with van der Waals surface area (Å²) in [6.45, 7) is 2.51. The van der Waals surface area contributed by atoms with E-state index in [-0.39, 0.29) is 10.5 Å². The van der Waals surface area contributed by atoms with Gasteiger partial charge in [0.15, 0.2) is 0 Å². The van der Waals surface area contributed by atoms with Gasteiger partial charge < -0.3 is 0 Å². The van der Waals surface area contributed by atoms with Crippen molar-refractivity contribution < 1.29 is 9.59 Å². The molecular weight excluding hydrogens is 248 g/mol. The number of nitrogens with zero attached hydrogens (tertiary/aromatic N) is 1. The fourth-order valence-corrected chi connectivity index (χ4v) is 2.45. The molecule has 1 N–H and O–H groups in total. The summed E-state index contributed by atoms with van der Waals surface area (Å²) >= 11 is 7.47. The van der Waals surface area contributed by atoms with Gasteiger partial charge in [0, 0.05) is 28.1 Å². The fraction of sp³-hybridized carbons (Fsp3) is 0.600. The molecule has 0 fully saturated rings. The van der Waals surface area contributed by atoms with Gasteiger partial charge in [-0.05, 0) is 6.42 Å². The molecule has 13 heavy (non-hydrogen) atoms. The number of rotatable bonds is 2. The molecule has 0 atom stereocenters. The molecule has 0 aromatic heterocycles. The zero-order valence-electron chi connectivity index (χ0n) is 6.89. The van der Waals surface area contributed by atoms with Gasteiger partial charge in [-0.2, -0.15) is 0 Å². The second-order valence-electron chi connectivity index (χ2n) is 1.95. The maximum Gasteiger partial charge on any atom is 0.302 e. The SMILES string of the molecule is CCCN(S)C(=O)SSC(=O)NS. The lowest BCUT2D eigenvalue weighted by molar-refractivity contribution is 0.249. The zero-order chi connectivity index (χ0) is 10.3. The smallest absolute Gasteiger partial charge is 0.293 e. The predicted molar refractivity (Wildman–Crippen MR) is 64.1 cm³/mol. The highest BCUT2D eigenvalue weighted by atomic mass is 33.1. The molecule has 0 saturated carbocycles. The Morgan fingerprint density at radius 1 is 1.46 bits per heavy atom. The molecule has 0 aliphatic heterocycles. The lowest BCUT2D eigenvalue weighted by Gasteiger charge is -2.11. The Labute approximate surface area is 96.1 Å². The predicted octanol–water partition coefficient (Wildman–Crippen LogP) is 2.60. The van der Waals surface area contributed by atoms with Crippen molar-refractivity contribution in [2.24, 2.45) is 0 Å². The van der Waals surface area contributed by atoms with Gasteiger partial charge in [0.2, 0.25) is 0 Å². The molecule has 0 aromatic carbocycles. The lowest BCUT2D eigenvalue weighted by atomic mass is 10.5. The number of thiol groups is 2. The highest BCUT2D eigenvalue weighted by molar-refractivity contribution is 8.87. The van der Waals surface area contributed by atoms with E-state index < -0.39 is 0 Å². The number of hydrogen-bond donors (Lipinski definition) is 3. The van der Waals surface area contributed by atoms with Crippen molar-refractivity contribution in [3.05, 3.63) is 0 Å². The first-order valence-corrected chi connectivity index (χ1v) is 6.40. The summed E-state index contributed by atoms with van der Waals surface area (Å²) in [5.74, 6) is 0. The van der Waals surface area contributed by atoms with Crippen LogP contribution in [0.1, 0.15) is 13.3 Å². The third-order valence-corrected chi connectivity index (χ3v) is 3.63. The Morgan fingerprint density at radius 3 is 2.54 bits per heavy atom. The van der Waals surface area contributed by atoms with Crippen molar-refractivity contribution in [1.82, 2.24) is 9.03 Å². The largest absolute Gasteiger partial charge is 0.302 e. The third-order valence-electron chi connectivity index (χ3n) is 0.926. The van der Waals surface area contributed by atoms with Crippen LogP contribution in [-0.2, 0) is 0 Å². The Hall–Kier alpha value is 0.340. The highest BCUT2D eigenvalue weighted by Gasteiger charge is 2.12. The van der Waals surface area contributed by atoms with Gasteiger partial charge in [0.05, 0.1) is 0 Å². The average Bonchev–Trinajstić information content (AvgIpc) is 2.13. The Balaban J connectivity index is 3.67. The zero-order valence-corrected chi connectivity index (χ0v) is 10.3. The maximum absolute atomic E-state index is 11.1. The monoisotopic (exact) mass is 258 g/mol. The minimum Gasteiger partial charge on any atom is -0.293 e. The highest BCUT2D eigenvalue weighted by Crippen LogP contribution is 2.26. The van der Waals surface area contributed by atoms with Gasteiger partial charge in [-0.3, -0.25) is 18.6 Å². The molecule has 0 aromatic rings. The molecule has 0 rings (SSSR count). The van der Waals surface area contributed by atoms with E-state index in [1.54, 1.807) is 0 Å². The summed E-state index contributed by atoms with van der Waals surface area (Å²) in [6.07, 6.45) is 0.833. The van der Waals surface area contributed by atoms with E-state index in [9.17, 15) is 9.59 Å². The van der Waals surface area contributed by atoms with E-state index in [1.165, 1.54) is 4.31 Å². The standard InChI is InChI=1S/C5H10N2O2S4/c1-2-3-7(11)5(9)13-12-4(8)6-10/h10-11H,2-3H2,1H3,(H,6,8). The number of amides is 2. The summed E-state index contributed by atoms with van der Waals surface area (Å²) in [5.41, 5.74) is 0. The normalized spacial score (nSPS) is 9.46. The van der Waals surface area contributed by atoms with Crippen LogP contribution in [0.2, 0.25) is 0 Å². The van der Waals surface area contributed by atoms with Crippen LogP contribution in [0.3, 0.4) is 0 Å². The minimum atomic E-state index is -0.375. The Kier molecular flexibility index (Phi) is 7.92. The van der Waals surface area contributed by atoms with Crippen molar-refractivity contribution >= 4 is 57.7 Å². The molecule has 0 bridgehead atoms. The summed E-state index contributed by atoms with van der Waals surface area (Å²) in [6, 6.07) is 0. The van der Waals surface area contributed by atoms with Crippen LogP contribution >= 0.6 is 47.2 Å². The molecule has 2 amide bonds. The summed E-state index contributed by atoms with van der Waals surface area (Å²) in [7, 11) is 1.61. The molecule has 0 aliphatic rings. The van der Waals surface area contributed by atoms with E-state index in [2.05, 4.69) is 30.4 Å². The second-order valence-corrected chi connectivity index (χ2v) is 4.71. The topological polar surface area (TPSA) is 49.4 Å². The van der Waals surface area contributed by atoms with Crippen LogP contribution in [0.4, 0.5) is 9.59 Å². The van der Waals surface area contributed by atoms with Crippen LogP contribution in [0, 0.1) is 0 Å². The third kappa shape index (κ3) is 6.42.